The molecule has 0 atom stereocenters. The lowest BCUT2D eigenvalue weighted by Gasteiger charge is -2.16. The van der Waals surface area contributed by atoms with Crippen LogP contribution in [-0.2, 0) is 4.79 Å². The van der Waals surface area contributed by atoms with Crippen molar-refractivity contribution in [1.29, 1.82) is 0 Å². The minimum atomic E-state index is -0.00610. The molecule has 4 aromatic rings. The lowest BCUT2D eigenvalue weighted by molar-refractivity contribution is -0.124. The van der Waals surface area contributed by atoms with E-state index in [0.717, 1.165) is 39.6 Å². The number of rotatable bonds is 8. The number of anilines is 1. The van der Waals surface area contributed by atoms with Crippen molar-refractivity contribution in [2.45, 2.75) is 13.3 Å². The van der Waals surface area contributed by atoms with Gasteiger partial charge in [-0.2, -0.15) is 9.61 Å². The average Bonchev–Trinajstić information content (AvgIpc) is 3.45. The first-order chi connectivity index (χ1) is 15.5. The molecule has 1 N–H and O–H groups in total. The van der Waals surface area contributed by atoms with Gasteiger partial charge in [0.25, 0.3) is 0 Å². The van der Waals surface area contributed by atoms with Gasteiger partial charge < -0.3 is 10.2 Å². The van der Waals surface area contributed by atoms with Crippen LogP contribution in [0.15, 0.2) is 60.1 Å². The van der Waals surface area contributed by atoms with Gasteiger partial charge in [0.2, 0.25) is 5.91 Å². The highest BCUT2D eigenvalue weighted by atomic mass is 35.5. The molecule has 0 bridgehead atoms. The van der Waals surface area contributed by atoms with Gasteiger partial charge in [-0.3, -0.25) is 4.79 Å². The van der Waals surface area contributed by atoms with Gasteiger partial charge in [0.15, 0.2) is 5.65 Å². The van der Waals surface area contributed by atoms with Crippen molar-refractivity contribution in [1.82, 2.24) is 19.5 Å². The molecule has 1 amide bonds. The van der Waals surface area contributed by atoms with E-state index in [0.29, 0.717) is 18.1 Å². The topological polar surface area (TPSA) is 62.5 Å². The van der Waals surface area contributed by atoms with Gasteiger partial charge in [-0.05, 0) is 36.9 Å². The summed E-state index contributed by atoms with van der Waals surface area (Å²) in [5.41, 5.74) is 3.45. The summed E-state index contributed by atoms with van der Waals surface area (Å²) in [5, 5.41) is 10.5. The van der Waals surface area contributed by atoms with E-state index in [-0.39, 0.29) is 5.91 Å². The Labute approximate surface area is 196 Å². The molecule has 32 heavy (non-hydrogen) atoms. The van der Waals surface area contributed by atoms with Crippen molar-refractivity contribution in [3.63, 3.8) is 0 Å². The first kappa shape index (κ1) is 22.0. The van der Waals surface area contributed by atoms with Crippen LogP contribution in [0.25, 0.3) is 23.0 Å². The molecule has 0 saturated carbocycles. The zero-order chi connectivity index (χ0) is 22.5. The Morgan fingerprint density at radius 2 is 2.12 bits per heavy atom. The van der Waals surface area contributed by atoms with Gasteiger partial charge in [0, 0.05) is 53.3 Å². The van der Waals surface area contributed by atoms with E-state index in [1.165, 1.54) is 0 Å². The fourth-order valence-corrected chi connectivity index (χ4v) is 4.17. The number of hydrogen-bond acceptors (Lipinski definition) is 5. The summed E-state index contributed by atoms with van der Waals surface area (Å²) in [5.74, 6) is 0.831. The second-order valence-electron chi connectivity index (χ2n) is 7.46. The second kappa shape index (κ2) is 9.97. The van der Waals surface area contributed by atoms with E-state index >= 15 is 0 Å². The second-order valence-corrected chi connectivity index (χ2v) is 8.84. The SMILES string of the molecule is Cc1cnn2c(NCCCN(C)C(=O)/C=C/c3cccs3)cc(-c3ccccc3Cl)nc12. The summed E-state index contributed by atoms with van der Waals surface area (Å²) in [6, 6.07) is 13.6. The number of thiophene rings is 1. The summed E-state index contributed by atoms with van der Waals surface area (Å²) in [6.07, 6.45) is 6.07. The Balaban J connectivity index is 1.42. The number of hydrogen-bond donors (Lipinski definition) is 1. The van der Waals surface area contributed by atoms with Crippen LogP contribution in [0.3, 0.4) is 0 Å². The Bertz CT molecular complexity index is 1250. The van der Waals surface area contributed by atoms with Crippen molar-refractivity contribution in [2.24, 2.45) is 0 Å². The predicted octanol–water partition coefficient (Wildman–Crippen LogP) is 5.39. The van der Waals surface area contributed by atoms with E-state index in [4.69, 9.17) is 16.6 Å². The molecule has 0 aliphatic heterocycles. The Kier molecular flexibility index (Phi) is 6.87. The van der Waals surface area contributed by atoms with Crippen LogP contribution in [0.2, 0.25) is 5.02 Å². The standard InChI is InChI=1S/C24H24ClN5OS/c1-17-16-27-30-22(15-21(28-24(17)30)19-8-3-4-9-20(19)25)26-12-6-13-29(2)23(31)11-10-18-7-5-14-32-18/h3-5,7-11,14-16,26H,6,12-13H2,1-2H3/b11-10+. The van der Waals surface area contributed by atoms with Crippen LogP contribution in [0, 0.1) is 6.92 Å². The zero-order valence-electron chi connectivity index (χ0n) is 18.0. The highest BCUT2D eigenvalue weighted by molar-refractivity contribution is 7.10. The molecule has 4 rings (SSSR count). The summed E-state index contributed by atoms with van der Waals surface area (Å²) in [6.45, 7) is 3.32. The zero-order valence-corrected chi connectivity index (χ0v) is 19.5. The average molecular weight is 466 g/mol. The molecule has 0 radical (unpaired) electrons. The highest BCUT2D eigenvalue weighted by Crippen LogP contribution is 2.29. The van der Waals surface area contributed by atoms with Crippen LogP contribution < -0.4 is 5.32 Å². The number of halogens is 1. The quantitative estimate of drug-likeness (QED) is 0.280. The third kappa shape index (κ3) is 5.00. The lowest BCUT2D eigenvalue weighted by atomic mass is 10.1. The lowest BCUT2D eigenvalue weighted by Crippen LogP contribution is -2.27. The molecule has 1 aromatic carbocycles. The van der Waals surface area contributed by atoms with Gasteiger partial charge in [0.1, 0.15) is 5.82 Å². The molecule has 164 valence electrons. The van der Waals surface area contributed by atoms with Gasteiger partial charge in [-0.25, -0.2) is 4.98 Å². The molecule has 0 aliphatic rings. The number of carbonyl (C=O) groups is 1. The maximum atomic E-state index is 12.3. The summed E-state index contributed by atoms with van der Waals surface area (Å²) >= 11 is 8.01. The van der Waals surface area contributed by atoms with Gasteiger partial charge in [-0.1, -0.05) is 35.9 Å². The number of likely N-dealkylation sites (N-methyl/N-ethyl adjacent to an activating group) is 1. The molecule has 6 nitrogen and oxygen atoms in total. The third-order valence-corrected chi connectivity index (χ3v) is 6.25. The van der Waals surface area contributed by atoms with E-state index in [1.807, 2.05) is 67.9 Å². The van der Waals surface area contributed by atoms with Gasteiger partial charge in [0.05, 0.1) is 11.9 Å². The van der Waals surface area contributed by atoms with Crippen LogP contribution in [0.5, 0.6) is 0 Å². The van der Waals surface area contributed by atoms with E-state index in [1.54, 1.807) is 33.0 Å². The molecule has 0 aliphatic carbocycles. The van der Waals surface area contributed by atoms with Crippen LogP contribution in [0.4, 0.5) is 5.82 Å². The molecule has 0 fully saturated rings. The van der Waals surface area contributed by atoms with Crippen molar-refractivity contribution in [3.05, 3.63) is 75.6 Å². The van der Waals surface area contributed by atoms with Gasteiger partial charge >= 0.3 is 0 Å². The number of benzene rings is 1. The Morgan fingerprint density at radius 3 is 2.91 bits per heavy atom. The number of aromatic nitrogens is 3. The smallest absolute Gasteiger partial charge is 0.246 e. The van der Waals surface area contributed by atoms with E-state index in [2.05, 4.69) is 10.4 Å². The highest BCUT2D eigenvalue weighted by Gasteiger charge is 2.12. The van der Waals surface area contributed by atoms with Gasteiger partial charge in [-0.15, -0.1) is 11.3 Å². The third-order valence-electron chi connectivity index (χ3n) is 5.08. The Morgan fingerprint density at radius 1 is 1.28 bits per heavy atom. The largest absolute Gasteiger partial charge is 0.370 e. The summed E-state index contributed by atoms with van der Waals surface area (Å²) < 4.78 is 1.80. The number of carbonyl (C=O) groups excluding carboxylic acids is 1. The molecular weight excluding hydrogens is 442 g/mol. The van der Waals surface area contributed by atoms with Crippen LogP contribution >= 0.6 is 22.9 Å². The number of nitrogens with one attached hydrogen (secondary N) is 1. The predicted molar refractivity (Wildman–Crippen MR) is 132 cm³/mol. The van der Waals surface area contributed by atoms with E-state index in [9.17, 15) is 4.79 Å². The maximum absolute atomic E-state index is 12.3. The van der Waals surface area contributed by atoms with Crippen molar-refractivity contribution in [2.75, 3.05) is 25.5 Å². The minimum absolute atomic E-state index is 0.00610. The first-order valence-electron chi connectivity index (χ1n) is 10.3. The molecule has 8 heteroatoms. The summed E-state index contributed by atoms with van der Waals surface area (Å²) in [7, 11) is 1.82. The van der Waals surface area contributed by atoms with Crippen molar-refractivity contribution >= 4 is 46.4 Å². The fourth-order valence-electron chi connectivity index (χ4n) is 3.32. The number of nitrogens with zero attached hydrogens (tertiary/aromatic N) is 4. The molecule has 0 unspecified atom stereocenters. The fraction of sp³-hybridized carbons (Fsp3) is 0.208. The molecule has 0 saturated heterocycles. The maximum Gasteiger partial charge on any atom is 0.246 e. The number of aryl methyl sites for hydroxylation is 1. The normalized spacial score (nSPS) is 11.3. The van der Waals surface area contributed by atoms with Crippen LogP contribution in [-0.4, -0.2) is 45.5 Å². The van der Waals surface area contributed by atoms with Crippen molar-refractivity contribution < 1.29 is 4.79 Å². The molecular formula is C24H24ClN5OS. The first-order valence-corrected chi connectivity index (χ1v) is 11.6. The van der Waals surface area contributed by atoms with Crippen molar-refractivity contribution in [3.8, 4) is 11.3 Å². The Hall–Kier alpha value is -3.16. The molecule has 3 aromatic heterocycles. The minimum Gasteiger partial charge on any atom is -0.370 e. The molecule has 0 spiro atoms. The van der Waals surface area contributed by atoms with E-state index < -0.39 is 0 Å². The van der Waals surface area contributed by atoms with Crippen LogP contribution in [0.1, 0.15) is 16.9 Å². The summed E-state index contributed by atoms with van der Waals surface area (Å²) in [4.78, 5) is 19.9. The molecule has 3 heterocycles. The number of amides is 1. The monoisotopic (exact) mass is 465 g/mol. The number of fused-ring (bicyclic) bond motifs is 1.